The van der Waals surface area contributed by atoms with E-state index >= 15 is 0 Å². The average molecular weight is 392 g/mol. The van der Waals surface area contributed by atoms with Gasteiger partial charge in [0.1, 0.15) is 6.61 Å². The van der Waals surface area contributed by atoms with Crippen LogP contribution in [-0.2, 0) is 11.3 Å². The number of aromatic nitrogens is 1. The topological polar surface area (TPSA) is 81.8 Å². The molecule has 0 radical (unpaired) electrons. The van der Waals surface area contributed by atoms with Crippen LogP contribution in [0, 0.1) is 0 Å². The lowest BCUT2D eigenvalue weighted by atomic mass is 10.3. The minimum absolute atomic E-state index is 0. The van der Waals surface area contributed by atoms with E-state index in [0.717, 1.165) is 5.56 Å². The van der Waals surface area contributed by atoms with Gasteiger partial charge in [-0.05, 0) is 6.07 Å². The largest absolute Gasteiger partial charge is 0.475 e. The zero-order valence-electron chi connectivity index (χ0n) is 11.5. The highest BCUT2D eigenvalue weighted by molar-refractivity contribution is 14.0. The highest BCUT2D eigenvalue weighted by Crippen LogP contribution is 2.15. The van der Waals surface area contributed by atoms with E-state index in [0.29, 0.717) is 38.1 Å². The van der Waals surface area contributed by atoms with Crippen molar-refractivity contribution < 1.29 is 9.47 Å². The van der Waals surface area contributed by atoms with Crippen molar-refractivity contribution in [1.29, 1.82) is 0 Å². The van der Waals surface area contributed by atoms with Crippen molar-refractivity contribution in [3.63, 3.8) is 0 Å². The quantitative estimate of drug-likeness (QED) is 0.229. The third kappa shape index (κ3) is 7.29. The minimum atomic E-state index is 0. The predicted octanol–water partition coefficient (Wildman–Crippen LogP) is 1.32. The van der Waals surface area contributed by atoms with Crippen molar-refractivity contribution >= 4 is 29.9 Å². The van der Waals surface area contributed by atoms with Crippen LogP contribution < -0.4 is 15.8 Å². The van der Waals surface area contributed by atoms with Gasteiger partial charge in [0.15, 0.2) is 5.96 Å². The van der Waals surface area contributed by atoms with E-state index in [1.54, 1.807) is 19.4 Å². The van der Waals surface area contributed by atoms with Gasteiger partial charge in [0.2, 0.25) is 5.88 Å². The van der Waals surface area contributed by atoms with Crippen molar-refractivity contribution in [1.82, 2.24) is 10.3 Å². The first-order valence-corrected chi connectivity index (χ1v) is 5.98. The lowest BCUT2D eigenvalue weighted by molar-refractivity contribution is 0.143. The van der Waals surface area contributed by atoms with Gasteiger partial charge in [-0.1, -0.05) is 12.1 Å². The smallest absolute Gasteiger partial charge is 0.218 e. The second-order valence-corrected chi connectivity index (χ2v) is 3.68. The molecule has 0 saturated carbocycles. The Hall–Kier alpha value is -1.35. The summed E-state index contributed by atoms with van der Waals surface area (Å²) in [6.07, 6.45) is 3.39. The molecule has 0 unspecified atom stereocenters. The maximum Gasteiger partial charge on any atom is 0.218 e. The van der Waals surface area contributed by atoms with Gasteiger partial charge in [-0.15, -0.1) is 30.6 Å². The maximum atomic E-state index is 5.69. The second-order valence-electron chi connectivity index (χ2n) is 3.68. The van der Waals surface area contributed by atoms with Gasteiger partial charge in [0, 0.05) is 25.4 Å². The highest BCUT2D eigenvalue weighted by Gasteiger charge is 2.04. The fraction of sp³-hybridized carbons (Fsp3) is 0.385. The number of aliphatic imine (C=N–C) groups is 1. The molecule has 6 nitrogen and oxygen atoms in total. The predicted molar refractivity (Wildman–Crippen MR) is 90.5 cm³/mol. The molecule has 7 heteroatoms. The summed E-state index contributed by atoms with van der Waals surface area (Å²) in [5.74, 6) is 0.923. The van der Waals surface area contributed by atoms with Gasteiger partial charge in [0.25, 0.3) is 0 Å². The molecule has 0 aliphatic heterocycles. The molecule has 0 spiro atoms. The Balaban J connectivity index is 0.00000361. The first kappa shape index (κ1) is 18.7. The molecule has 0 fully saturated rings. The molecular weight excluding hydrogens is 371 g/mol. The Morgan fingerprint density at radius 2 is 2.35 bits per heavy atom. The Labute approximate surface area is 136 Å². The standard InChI is InChI=1S/C13H20N4O2.HI/c1-3-6-16-13(14)17-10-11-5-4-7-15-12(11)19-9-8-18-2;/h3-5,7H,1,6,8-10H2,2H3,(H3,14,16,17);1H. The number of hydrogen-bond acceptors (Lipinski definition) is 4. The molecule has 0 aliphatic rings. The van der Waals surface area contributed by atoms with Crippen LogP contribution in [0.25, 0.3) is 0 Å². The summed E-state index contributed by atoms with van der Waals surface area (Å²) in [5.41, 5.74) is 6.57. The Bertz CT molecular complexity index is 427. The number of ether oxygens (including phenoxy) is 2. The van der Waals surface area contributed by atoms with Crippen molar-refractivity contribution in [2.24, 2.45) is 10.7 Å². The highest BCUT2D eigenvalue weighted by atomic mass is 127. The van der Waals surface area contributed by atoms with Gasteiger partial charge < -0.3 is 20.5 Å². The van der Waals surface area contributed by atoms with Gasteiger partial charge in [0.05, 0.1) is 13.2 Å². The van der Waals surface area contributed by atoms with Crippen LogP contribution in [0.2, 0.25) is 0 Å². The fourth-order valence-electron chi connectivity index (χ4n) is 1.30. The first-order chi connectivity index (χ1) is 9.27. The second kappa shape index (κ2) is 11.5. The lowest BCUT2D eigenvalue weighted by Crippen LogP contribution is -2.31. The number of nitrogens with one attached hydrogen (secondary N) is 1. The summed E-state index contributed by atoms with van der Waals surface area (Å²) in [5, 5.41) is 2.90. The zero-order chi connectivity index (χ0) is 13.9. The van der Waals surface area contributed by atoms with Crippen molar-refractivity contribution in [3.8, 4) is 5.88 Å². The molecule has 0 bridgehead atoms. The molecule has 0 aromatic carbocycles. The van der Waals surface area contributed by atoms with Crippen LogP contribution in [0.5, 0.6) is 5.88 Å². The summed E-state index contributed by atoms with van der Waals surface area (Å²) in [6.45, 7) is 5.55. The number of halogens is 1. The third-order valence-electron chi connectivity index (χ3n) is 2.22. The molecule has 0 aliphatic carbocycles. The molecule has 112 valence electrons. The summed E-state index contributed by atoms with van der Waals surface area (Å²) in [6, 6.07) is 3.74. The van der Waals surface area contributed by atoms with Crippen LogP contribution in [0.4, 0.5) is 0 Å². The van der Waals surface area contributed by atoms with Crippen LogP contribution >= 0.6 is 24.0 Å². The molecule has 0 atom stereocenters. The summed E-state index contributed by atoms with van der Waals surface area (Å²) in [7, 11) is 1.62. The van der Waals surface area contributed by atoms with E-state index in [-0.39, 0.29) is 24.0 Å². The van der Waals surface area contributed by atoms with E-state index in [4.69, 9.17) is 15.2 Å². The van der Waals surface area contributed by atoms with E-state index in [1.165, 1.54) is 0 Å². The Kier molecular flexibility index (Phi) is 10.7. The summed E-state index contributed by atoms with van der Waals surface area (Å²) < 4.78 is 10.4. The van der Waals surface area contributed by atoms with E-state index in [2.05, 4.69) is 21.9 Å². The zero-order valence-corrected chi connectivity index (χ0v) is 13.9. The maximum absolute atomic E-state index is 5.69. The van der Waals surface area contributed by atoms with Crippen LogP contribution in [-0.4, -0.2) is 37.8 Å². The lowest BCUT2D eigenvalue weighted by Gasteiger charge is -2.08. The molecule has 20 heavy (non-hydrogen) atoms. The number of rotatable bonds is 8. The van der Waals surface area contributed by atoms with Crippen molar-refractivity contribution in [3.05, 3.63) is 36.5 Å². The average Bonchev–Trinajstić information content (AvgIpc) is 2.44. The van der Waals surface area contributed by atoms with Crippen LogP contribution in [0.1, 0.15) is 5.56 Å². The normalized spacial score (nSPS) is 10.6. The van der Waals surface area contributed by atoms with Gasteiger partial charge in [-0.3, -0.25) is 0 Å². The SMILES string of the molecule is C=CCNC(N)=NCc1cccnc1OCCOC.I. The van der Waals surface area contributed by atoms with Crippen LogP contribution in [0.3, 0.4) is 0 Å². The van der Waals surface area contributed by atoms with Gasteiger partial charge in [-0.2, -0.15) is 0 Å². The van der Waals surface area contributed by atoms with Gasteiger partial charge >= 0.3 is 0 Å². The van der Waals surface area contributed by atoms with E-state index < -0.39 is 0 Å². The monoisotopic (exact) mass is 392 g/mol. The van der Waals surface area contributed by atoms with E-state index in [1.807, 2.05) is 12.1 Å². The first-order valence-electron chi connectivity index (χ1n) is 5.98. The molecule has 0 amide bonds. The summed E-state index contributed by atoms with van der Waals surface area (Å²) >= 11 is 0. The number of hydrogen-bond donors (Lipinski definition) is 2. The molecular formula is C13H21IN4O2. The minimum Gasteiger partial charge on any atom is -0.475 e. The Morgan fingerprint density at radius 1 is 1.55 bits per heavy atom. The third-order valence-corrected chi connectivity index (χ3v) is 2.22. The fourth-order valence-corrected chi connectivity index (χ4v) is 1.30. The van der Waals surface area contributed by atoms with Crippen LogP contribution in [0.15, 0.2) is 36.0 Å². The molecule has 3 N–H and O–H groups in total. The number of methoxy groups -OCH3 is 1. The number of nitrogens with zero attached hydrogens (tertiary/aromatic N) is 2. The molecule has 1 rings (SSSR count). The van der Waals surface area contributed by atoms with Crippen molar-refractivity contribution in [2.75, 3.05) is 26.9 Å². The molecule has 0 saturated heterocycles. The molecule has 1 aromatic rings. The number of nitrogens with two attached hydrogens (primary N) is 1. The summed E-state index contributed by atoms with van der Waals surface area (Å²) in [4.78, 5) is 8.37. The van der Waals surface area contributed by atoms with Crippen molar-refractivity contribution in [2.45, 2.75) is 6.54 Å². The molecule has 1 aromatic heterocycles. The molecule has 1 heterocycles. The van der Waals surface area contributed by atoms with E-state index in [9.17, 15) is 0 Å². The number of pyridine rings is 1. The number of guanidine groups is 1. The van der Waals surface area contributed by atoms with Gasteiger partial charge in [-0.25, -0.2) is 9.98 Å². The Morgan fingerprint density at radius 3 is 3.05 bits per heavy atom.